The van der Waals surface area contributed by atoms with Crippen molar-refractivity contribution in [3.8, 4) is 6.07 Å². The van der Waals surface area contributed by atoms with E-state index in [1.54, 1.807) is 18.3 Å². The van der Waals surface area contributed by atoms with E-state index >= 15 is 0 Å². The predicted molar refractivity (Wildman–Crippen MR) is 59.5 cm³/mol. The highest BCUT2D eigenvalue weighted by molar-refractivity contribution is 7.99. The zero-order valence-electron chi connectivity index (χ0n) is 7.92. The van der Waals surface area contributed by atoms with Crippen molar-refractivity contribution in [3.05, 3.63) is 54.2 Å². The van der Waals surface area contributed by atoms with Gasteiger partial charge in [-0.2, -0.15) is 5.26 Å². The Morgan fingerprint density at radius 3 is 2.60 bits per heavy atom. The molecule has 1 aromatic heterocycles. The quantitative estimate of drug-likeness (QED) is 0.767. The number of nitriles is 1. The number of hydrogen-bond acceptors (Lipinski definition) is 3. The number of benzene rings is 1. The van der Waals surface area contributed by atoms with Crippen LogP contribution in [-0.2, 0) is 0 Å². The fourth-order valence-corrected chi connectivity index (χ4v) is 2.01. The molecule has 15 heavy (non-hydrogen) atoms. The fourth-order valence-electron chi connectivity index (χ4n) is 1.16. The second kappa shape index (κ2) is 4.63. The van der Waals surface area contributed by atoms with Gasteiger partial charge in [0.2, 0.25) is 0 Å². The first-order valence-electron chi connectivity index (χ1n) is 4.48. The first-order chi connectivity index (χ1) is 7.40. The highest BCUT2D eigenvalue weighted by atomic mass is 32.2. The second-order valence-electron chi connectivity index (χ2n) is 2.88. The zero-order chi connectivity index (χ0) is 10.5. The molecular formula is C12H8N2S. The molecule has 0 aliphatic rings. The smallest absolute Gasteiger partial charge is 0.119 e. The number of rotatable bonds is 2. The molecule has 0 aliphatic carbocycles. The summed E-state index contributed by atoms with van der Waals surface area (Å²) < 4.78 is 0. The molecule has 0 atom stereocenters. The van der Waals surface area contributed by atoms with Gasteiger partial charge in [-0.15, -0.1) is 0 Å². The molecule has 0 bridgehead atoms. The first-order valence-corrected chi connectivity index (χ1v) is 5.30. The summed E-state index contributed by atoms with van der Waals surface area (Å²) in [6.07, 6.45) is 1.70. The Bertz CT molecular complexity index is 488. The normalized spacial score (nSPS) is 9.53. The SMILES string of the molecule is N#Cc1cccnc1Sc1ccccc1. The van der Waals surface area contributed by atoms with Crippen LogP contribution in [0.4, 0.5) is 0 Å². The van der Waals surface area contributed by atoms with E-state index in [2.05, 4.69) is 11.1 Å². The van der Waals surface area contributed by atoms with Crippen LogP contribution in [0.1, 0.15) is 5.56 Å². The average molecular weight is 212 g/mol. The Kier molecular flexibility index (Phi) is 3.01. The Labute approximate surface area is 92.6 Å². The third-order valence-corrected chi connectivity index (χ3v) is 2.88. The van der Waals surface area contributed by atoms with Crippen molar-refractivity contribution in [2.24, 2.45) is 0 Å². The summed E-state index contributed by atoms with van der Waals surface area (Å²) in [5.41, 5.74) is 0.617. The van der Waals surface area contributed by atoms with E-state index < -0.39 is 0 Å². The van der Waals surface area contributed by atoms with E-state index in [1.165, 1.54) is 11.8 Å². The van der Waals surface area contributed by atoms with Crippen LogP contribution in [0.2, 0.25) is 0 Å². The van der Waals surface area contributed by atoms with Crippen molar-refractivity contribution >= 4 is 11.8 Å². The van der Waals surface area contributed by atoms with Gasteiger partial charge in [-0.25, -0.2) is 4.98 Å². The van der Waals surface area contributed by atoms with E-state index in [0.29, 0.717) is 5.56 Å². The second-order valence-corrected chi connectivity index (χ2v) is 3.95. The number of pyridine rings is 1. The standard InChI is InChI=1S/C12H8N2S/c13-9-10-5-4-8-14-12(10)15-11-6-2-1-3-7-11/h1-8H. The molecule has 0 N–H and O–H groups in total. The molecule has 0 fully saturated rings. The van der Waals surface area contributed by atoms with Gasteiger partial charge in [0, 0.05) is 11.1 Å². The van der Waals surface area contributed by atoms with E-state index in [0.717, 1.165) is 9.92 Å². The molecule has 0 aliphatic heterocycles. The highest BCUT2D eigenvalue weighted by Crippen LogP contribution is 2.27. The molecule has 2 rings (SSSR count). The van der Waals surface area contributed by atoms with Crippen LogP contribution in [0.5, 0.6) is 0 Å². The molecule has 0 spiro atoms. The molecule has 2 aromatic rings. The van der Waals surface area contributed by atoms with Gasteiger partial charge in [-0.05, 0) is 24.3 Å². The van der Waals surface area contributed by atoms with E-state index in [1.807, 2.05) is 30.3 Å². The van der Waals surface area contributed by atoms with Gasteiger partial charge in [0.05, 0.1) is 5.56 Å². The molecule has 1 heterocycles. The molecule has 3 heteroatoms. The lowest BCUT2D eigenvalue weighted by atomic mass is 10.3. The lowest BCUT2D eigenvalue weighted by Gasteiger charge is -2.01. The summed E-state index contributed by atoms with van der Waals surface area (Å²) in [5.74, 6) is 0. The topological polar surface area (TPSA) is 36.7 Å². The van der Waals surface area contributed by atoms with E-state index in [-0.39, 0.29) is 0 Å². The molecule has 0 saturated heterocycles. The van der Waals surface area contributed by atoms with Crippen LogP contribution < -0.4 is 0 Å². The van der Waals surface area contributed by atoms with Gasteiger partial charge in [0.15, 0.2) is 0 Å². The molecule has 0 unspecified atom stereocenters. The van der Waals surface area contributed by atoms with Crippen molar-refractivity contribution in [2.75, 3.05) is 0 Å². The fraction of sp³-hybridized carbons (Fsp3) is 0. The van der Waals surface area contributed by atoms with Gasteiger partial charge < -0.3 is 0 Å². The van der Waals surface area contributed by atoms with Crippen LogP contribution in [0, 0.1) is 11.3 Å². The van der Waals surface area contributed by atoms with Crippen molar-refractivity contribution in [2.45, 2.75) is 9.92 Å². The Hall–Kier alpha value is -1.79. The monoisotopic (exact) mass is 212 g/mol. The summed E-state index contributed by atoms with van der Waals surface area (Å²) in [6.45, 7) is 0. The van der Waals surface area contributed by atoms with Gasteiger partial charge in [0.25, 0.3) is 0 Å². The van der Waals surface area contributed by atoms with Gasteiger partial charge >= 0.3 is 0 Å². The van der Waals surface area contributed by atoms with Crippen LogP contribution >= 0.6 is 11.8 Å². The molecule has 0 saturated carbocycles. The summed E-state index contributed by atoms with van der Waals surface area (Å²) in [5, 5.41) is 9.65. The lowest BCUT2D eigenvalue weighted by Crippen LogP contribution is -1.84. The molecule has 0 radical (unpaired) electrons. The van der Waals surface area contributed by atoms with Crippen molar-refractivity contribution in [1.29, 1.82) is 5.26 Å². The Morgan fingerprint density at radius 1 is 1.07 bits per heavy atom. The largest absolute Gasteiger partial charge is 0.248 e. The maximum Gasteiger partial charge on any atom is 0.119 e. The molecular weight excluding hydrogens is 204 g/mol. The maximum absolute atomic E-state index is 8.89. The first kappa shape index (κ1) is 9.75. The highest BCUT2D eigenvalue weighted by Gasteiger charge is 2.03. The van der Waals surface area contributed by atoms with Gasteiger partial charge in [-0.3, -0.25) is 0 Å². The Morgan fingerprint density at radius 2 is 1.87 bits per heavy atom. The van der Waals surface area contributed by atoms with Gasteiger partial charge in [0.1, 0.15) is 11.1 Å². The minimum atomic E-state index is 0.617. The van der Waals surface area contributed by atoms with E-state index in [9.17, 15) is 0 Å². The van der Waals surface area contributed by atoms with Crippen LogP contribution in [0.25, 0.3) is 0 Å². The van der Waals surface area contributed by atoms with Crippen LogP contribution in [0.15, 0.2) is 58.6 Å². The number of aromatic nitrogens is 1. The zero-order valence-corrected chi connectivity index (χ0v) is 8.74. The molecule has 0 amide bonds. The number of hydrogen-bond donors (Lipinski definition) is 0. The molecule has 72 valence electrons. The lowest BCUT2D eigenvalue weighted by molar-refractivity contribution is 1.11. The maximum atomic E-state index is 8.89. The average Bonchev–Trinajstić information content (AvgIpc) is 2.31. The minimum Gasteiger partial charge on any atom is -0.248 e. The van der Waals surface area contributed by atoms with Crippen LogP contribution in [0.3, 0.4) is 0 Å². The van der Waals surface area contributed by atoms with E-state index in [4.69, 9.17) is 5.26 Å². The predicted octanol–water partition coefficient (Wildman–Crippen LogP) is 3.10. The minimum absolute atomic E-state index is 0.617. The Balaban J connectivity index is 2.29. The van der Waals surface area contributed by atoms with Crippen molar-refractivity contribution < 1.29 is 0 Å². The number of nitrogens with zero attached hydrogens (tertiary/aromatic N) is 2. The van der Waals surface area contributed by atoms with Crippen LogP contribution in [-0.4, -0.2) is 4.98 Å². The summed E-state index contributed by atoms with van der Waals surface area (Å²) in [4.78, 5) is 5.28. The summed E-state index contributed by atoms with van der Waals surface area (Å²) in [7, 11) is 0. The summed E-state index contributed by atoms with van der Waals surface area (Å²) >= 11 is 1.51. The van der Waals surface area contributed by atoms with Crippen molar-refractivity contribution in [3.63, 3.8) is 0 Å². The molecule has 2 nitrogen and oxygen atoms in total. The van der Waals surface area contributed by atoms with Crippen molar-refractivity contribution in [1.82, 2.24) is 4.98 Å². The third-order valence-electron chi connectivity index (χ3n) is 1.85. The van der Waals surface area contributed by atoms with Gasteiger partial charge in [-0.1, -0.05) is 30.0 Å². The molecule has 1 aromatic carbocycles. The summed E-state index contributed by atoms with van der Waals surface area (Å²) in [6, 6.07) is 15.6. The third kappa shape index (κ3) is 2.36.